The van der Waals surface area contributed by atoms with Crippen molar-refractivity contribution in [3.8, 4) is 23.2 Å². The lowest BCUT2D eigenvalue weighted by molar-refractivity contribution is 0.358. The molecule has 4 N–H and O–H groups in total. The third kappa shape index (κ3) is 2.77. The van der Waals surface area contributed by atoms with Crippen molar-refractivity contribution in [2.45, 2.75) is 37.6 Å². The predicted molar refractivity (Wildman–Crippen MR) is 96.0 cm³/mol. The molecule has 0 bridgehead atoms. The number of nitriles is 1. The number of aromatic hydroxyl groups is 1. The minimum atomic E-state index is 0.199. The summed E-state index contributed by atoms with van der Waals surface area (Å²) in [5.74, 6) is 1.69. The van der Waals surface area contributed by atoms with Crippen molar-refractivity contribution in [3.63, 3.8) is 0 Å². The van der Waals surface area contributed by atoms with Gasteiger partial charge in [-0.1, -0.05) is 0 Å². The molecule has 8 nitrogen and oxygen atoms in total. The Morgan fingerprint density at radius 3 is 2.62 bits per heavy atom. The quantitative estimate of drug-likeness (QED) is 0.489. The van der Waals surface area contributed by atoms with Crippen LogP contribution in [0, 0.1) is 11.5 Å². The molecule has 1 fully saturated rings. The molecule has 0 aliphatic heterocycles. The van der Waals surface area contributed by atoms with Gasteiger partial charge in [0.25, 0.3) is 0 Å². The van der Waals surface area contributed by atoms with E-state index in [0.29, 0.717) is 11.3 Å². The van der Waals surface area contributed by atoms with Gasteiger partial charge in [-0.2, -0.15) is 10.4 Å². The molecule has 1 aliphatic carbocycles. The fourth-order valence-corrected chi connectivity index (χ4v) is 3.65. The molecule has 0 atom stereocenters. The smallest absolute Gasteiger partial charge is 0.176 e. The Balaban J connectivity index is 1.76. The molecule has 0 saturated heterocycles. The summed E-state index contributed by atoms with van der Waals surface area (Å²) in [5, 5.41) is 25.6. The van der Waals surface area contributed by atoms with Crippen molar-refractivity contribution in [1.82, 2.24) is 24.9 Å². The van der Waals surface area contributed by atoms with Crippen LogP contribution in [0.3, 0.4) is 0 Å². The maximum absolute atomic E-state index is 9.55. The maximum Gasteiger partial charge on any atom is 0.176 e. The third-order valence-corrected chi connectivity index (χ3v) is 4.99. The van der Waals surface area contributed by atoms with Crippen LogP contribution in [-0.2, 0) is 0 Å². The summed E-state index contributed by atoms with van der Waals surface area (Å²) in [6.45, 7) is 0. The number of nitrogens with zero attached hydrogens (tertiary/aromatic N) is 5. The Bertz CT molecular complexity index is 966. The number of fused-ring (bicyclic) bond motifs is 1. The average Bonchev–Trinajstić information content (AvgIpc) is 3.04. The summed E-state index contributed by atoms with van der Waals surface area (Å²) in [5.41, 5.74) is 8.38. The Morgan fingerprint density at radius 1 is 1.19 bits per heavy atom. The van der Waals surface area contributed by atoms with Crippen molar-refractivity contribution < 1.29 is 5.11 Å². The summed E-state index contributed by atoms with van der Waals surface area (Å²) in [7, 11) is 0. The molecule has 2 heterocycles. The summed E-state index contributed by atoms with van der Waals surface area (Å²) < 4.78 is 1.78. The summed E-state index contributed by atoms with van der Waals surface area (Å²) in [6, 6.07) is 7.10. The van der Waals surface area contributed by atoms with Crippen LogP contribution < -0.4 is 11.1 Å². The molecular weight excluding hydrogens is 330 g/mol. The van der Waals surface area contributed by atoms with Gasteiger partial charge in [0.05, 0.1) is 0 Å². The summed E-state index contributed by atoms with van der Waals surface area (Å²) in [6.07, 6.45) is 7.17. The second kappa shape index (κ2) is 6.52. The lowest BCUT2D eigenvalue weighted by Gasteiger charge is -2.26. The normalized spacial score (nSPS) is 20.0. The SMILES string of the molecule is N#CNC1CCC(c2nc(-c3ccc(O)cc3)c3c(N)ncnn23)CC1. The van der Waals surface area contributed by atoms with Crippen LogP contribution in [0.2, 0.25) is 0 Å². The number of phenols is 1. The number of nitrogens with one attached hydrogen (secondary N) is 1. The minimum Gasteiger partial charge on any atom is -0.508 e. The number of rotatable bonds is 3. The van der Waals surface area contributed by atoms with E-state index in [1.54, 1.807) is 16.6 Å². The molecular formula is C18H19N7O. The highest BCUT2D eigenvalue weighted by atomic mass is 16.3. The predicted octanol–water partition coefficient (Wildman–Crippen LogP) is 2.18. The van der Waals surface area contributed by atoms with Crippen LogP contribution in [0.1, 0.15) is 37.4 Å². The monoisotopic (exact) mass is 349 g/mol. The molecule has 132 valence electrons. The second-order valence-electron chi connectivity index (χ2n) is 6.58. The highest BCUT2D eigenvalue weighted by molar-refractivity contribution is 5.85. The Morgan fingerprint density at radius 2 is 1.92 bits per heavy atom. The van der Waals surface area contributed by atoms with Gasteiger partial charge in [0, 0.05) is 17.5 Å². The number of benzene rings is 1. The fraction of sp³-hybridized carbons (Fsp3) is 0.333. The number of imidazole rings is 1. The van der Waals surface area contributed by atoms with E-state index in [2.05, 4.69) is 15.4 Å². The number of aromatic nitrogens is 4. The third-order valence-electron chi connectivity index (χ3n) is 4.99. The first-order valence-corrected chi connectivity index (χ1v) is 8.60. The molecule has 3 aromatic rings. The zero-order valence-corrected chi connectivity index (χ0v) is 14.1. The Labute approximate surface area is 150 Å². The molecule has 0 spiro atoms. The van der Waals surface area contributed by atoms with Gasteiger partial charge in [-0.15, -0.1) is 0 Å². The number of hydrogen-bond donors (Lipinski definition) is 3. The van der Waals surface area contributed by atoms with E-state index in [9.17, 15) is 5.11 Å². The molecule has 0 unspecified atom stereocenters. The average molecular weight is 349 g/mol. The van der Waals surface area contributed by atoms with E-state index in [4.69, 9.17) is 16.0 Å². The molecule has 0 radical (unpaired) electrons. The molecule has 1 aromatic carbocycles. The van der Waals surface area contributed by atoms with Gasteiger partial charge in [0.15, 0.2) is 12.0 Å². The van der Waals surface area contributed by atoms with Crippen LogP contribution >= 0.6 is 0 Å². The van der Waals surface area contributed by atoms with E-state index in [1.165, 1.54) is 6.33 Å². The fourth-order valence-electron chi connectivity index (χ4n) is 3.65. The van der Waals surface area contributed by atoms with E-state index in [0.717, 1.165) is 42.8 Å². The number of phenolic OH excluding ortho intramolecular Hbond substituents is 1. The van der Waals surface area contributed by atoms with Crippen molar-refractivity contribution in [2.75, 3.05) is 5.73 Å². The van der Waals surface area contributed by atoms with Crippen molar-refractivity contribution >= 4 is 11.3 Å². The number of anilines is 1. The van der Waals surface area contributed by atoms with E-state index in [-0.39, 0.29) is 17.7 Å². The first-order chi connectivity index (χ1) is 12.7. The van der Waals surface area contributed by atoms with Crippen LogP contribution in [-0.4, -0.2) is 30.7 Å². The lowest BCUT2D eigenvalue weighted by atomic mass is 9.85. The topological polar surface area (TPSA) is 125 Å². The molecule has 2 aromatic heterocycles. The number of nitrogen functional groups attached to an aromatic ring is 1. The molecule has 8 heteroatoms. The number of hydrogen-bond acceptors (Lipinski definition) is 7. The molecule has 4 rings (SSSR count). The van der Waals surface area contributed by atoms with Gasteiger partial charge in [-0.3, -0.25) is 0 Å². The van der Waals surface area contributed by atoms with Crippen molar-refractivity contribution in [2.24, 2.45) is 0 Å². The van der Waals surface area contributed by atoms with Crippen LogP contribution in [0.4, 0.5) is 5.82 Å². The summed E-state index contributed by atoms with van der Waals surface area (Å²) in [4.78, 5) is 8.97. The van der Waals surface area contributed by atoms with Gasteiger partial charge in [-0.05, 0) is 49.9 Å². The van der Waals surface area contributed by atoms with Crippen molar-refractivity contribution in [3.05, 3.63) is 36.4 Å². The van der Waals surface area contributed by atoms with Crippen LogP contribution in [0.25, 0.3) is 16.8 Å². The Hall–Kier alpha value is -3.34. The first-order valence-electron chi connectivity index (χ1n) is 8.60. The molecule has 1 saturated carbocycles. The maximum atomic E-state index is 9.55. The zero-order valence-electron chi connectivity index (χ0n) is 14.1. The largest absolute Gasteiger partial charge is 0.508 e. The highest BCUT2D eigenvalue weighted by Gasteiger charge is 2.28. The van der Waals surface area contributed by atoms with E-state index < -0.39 is 0 Å². The zero-order chi connectivity index (χ0) is 18.1. The molecule has 1 aliphatic rings. The van der Waals surface area contributed by atoms with Crippen molar-refractivity contribution in [1.29, 1.82) is 5.26 Å². The second-order valence-corrected chi connectivity index (χ2v) is 6.58. The van der Waals surface area contributed by atoms with E-state index in [1.807, 2.05) is 18.3 Å². The molecule has 0 amide bonds. The highest BCUT2D eigenvalue weighted by Crippen LogP contribution is 2.36. The van der Waals surface area contributed by atoms with E-state index >= 15 is 0 Å². The van der Waals surface area contributed by atoms with Crippen LogP contribution in [0.5, 0.6) is 5.75 Å². The molecule has 26 heavy (non-hydrogen) atoms. The standard InChI is InChI=1S/C18H19N7O/c19-9-21-13-5-1-12(2-6-13)18-24-15(11-3-7-14(26)8-4-11)16-17(20)22-10-23-25(16)18/h3-4,7-8,10,12-13,21,26H,1-2,5-6H2,(H2,20,22,23). The van der Waals surface area contributed by atoms with Gasteiger partial charge >= 0.3 is 0 Å². The lowest BCUT2D eigenvalue weighted by Crippen LogP contribution is -2.29. The van der Waals surface area contributed by atoms with Gasteiger partial charge in [-0.25, -0.2) is 14.5 Å². The first kappa shape index (κ1) is 16.1. The Kier molecular flexibility index (Phi) is 4.05. The van der Waals surface area contributed by atoms with Gasteiger partial charge in [0.1, 0.15) is 29.1 Å². The van der Waals surface area contributed by atoms with Gasteiger partial charge < -0.3 is 16.2 Å². The van der Waals surface area contributed by atoms with Gasteiger partial charge in [0.2, 0.25) is 0 Å². The van der Waals surface area contributed by atoms with Crippen LogP contribution in [0.15, 0.2) is 30.6 Å². The minimum absolute atomic E-state index is 0.199. The summed E-state index contributed by atoms with van der Waals surface area (Å²) >= 11 is 0. The number of nitrogens with two attached hydrogens (primary N) is 1.